The highest BCUT2D eigenvalue weighted by Crippen LogP contribution is 2.37. The number of fused-ring (bicyclic) bond motifs is 1. The summed E-state index contributed by atoms with van der Waals surface area (Å²) in [5.41, 5.74) is 0.489. The second kappa shape index (κ2) is 5.54. The molecule has 1 saturated carbocycles. The number of Topliss-reactive ketones (excluding diaryl/α,β-unsaturated/α-hetero) is 1. The molecule has 1 aromatic carbocycles. The van der Waals surface area contributed by atoms with Crippen molar-refractivity contribution in [2.24, 2.45) is 11.8 Å². The number of carbonyl (C=O) groups excluding carboxylic acids is 1. The standard InChI is InChI=1S/C15H18N2O4/c18-14-6-3-11-7-16(8-13(11)14)9-15(19)10-1-4-12(5-2-10)17(20)21/h1-2,4-5,11,13-14,18H,3,6-9H2. The first-order valence-electron chi connectivity index (χ1n) is 7.22. The zero-order valence-electron chi connectivity index (χ0n) is 11.6. The lowest BCUT2D eigenvalue weighted by Gasteiger charge is -2.17. The summed E-state index contributed by atoms with van der Waals surface area (Å²) in [6.07, 6.45) is 1.68. The van der Waals surface area contributed by atoms with Crippen molar-refractivity contribution in [3.8, 4) is 0 Å². The van der Waals surface area contributed by atoms with Gasteiger partial charge in [-0.15, -0.1) is 0 Å². The van der Waals surface area contributed by atoms with Gasteiger partial charge in [0, 0.05) is 36.7 Å². The molecule has 1 saturated heterocycles. The normalized spacial score (nSPS) is 28.5. The van der Waals surface area contributed by atoms with Crippen LogP contribution in [0.2, 0.25) is 0 Å². The van der Waals surface area contributed by atoms with Gasteiger partial charge in [0.1, 0.15) is 0 Å². The molecule has 0 aromatic heterocycles. The number of hydrogen-bond acceptors (Lipinski definition) is 5. The summed E-state index contributed by atoms with van der Waals surface area (Å²) in [6, 6.07) is 5.73. The van der Waals surface area contributed by atoms with Gasteiger partial charge < -0.3 is 5.11 Å². The molecule has 2 aliphatic rings. The van der Waals surface area contributed by atoms with Crippen LogP contribution in [0.3, 0.4) is 0 Å². The van der Waals surface area contributed by atoms with Crippen LogP contribution < -0.4 is 0 Å². The number of nitro groups is 1. The predicted molar refractivity (Wildman–Crippen MR) is 76.1 cm³/mol. The number of rotatable bonds is 4. The van der Waals surface area contributed by atoms with Gasteiger partial charge in [-0.2, -0.15) is 0 Å². The highest BCUT2D eigenvalue weighted by Gasteiger charge is 2.42. The smallest absolute Gasteiger partial charge is 0.269 e. The van der Waals surface area contributed by atoms with E-state index in [4.69, 9.17) is 0 Å². The van der Waals surface area contributed by atoms with E-state index in [1.807, 2.05) is 0 Å². The van der Waals surface area contributed by atoms with E-state index in [-0.39, 0.29) is 17.6 Å². The molecule has 112 valence electrons. The summed E-state index contributed by atoms with van der Waals surface area (Å²) >= 11 is 0. The maximum atomic E-state index is 12.2. The van der Waals surface area contributed by atoms with Gasteiger partial charge in [-0.1, -0.05) is 0 Å². The second-order valence-corrected chi connectivity index (χ2v) is 5.99. The van der Waals surface area contributed by atoms with Crippen LogP contribution in [0.4, 0.5) is 5.69 Å². The van der Waals surface area contributed by atoms with Crippen LogP contribution in [0.5, 0.6) is 0 Å². The van der Waals surface area contributed by atoms with Crippen LogP contribution in [-0.2, 0) is 0 Å². The molecule has 1 N–H and O–H groups in total. The fourth-order valence-corrected chi connectivity index (χ4v) is 3.52. The van der Waals surface area contributed by atoms with E-state index in [0.717, 1.165) is 25.9 Å². The molecule has 2 fully saturated rings. The molecule has 0 spiro atoms. The third-order valence-corrected chi connectivity index (χ3v) is 4.66. The van der Waals surface area contributed by atoms with E-state index in [1.54, 1.807) is 0 Å². The first-order valence-corrected chi connectivity index (χ1v) is 7.22. The number of benzene rings is 1. The fraction of sp³-hybridized carbons (Fsp3) is 0.533. The molecule has 3 unspecified atom stereocenters. The molecular formula is C15H18N2O4. The SMILES string of the molecule is O=C(CN1CC2CCC(O)C2C1)c1ccc([N+](=O)[O-])cc1. The molecule has 0 bridgehead atoms. The molecular weight excluding hydrogens is 272 g/mol. The Bertz CT molecular complexity index is 557. The van der Waals surface area contributed by atoms with Crippen LogP contribution in [0.1, 0.15) is 23.2 Å². The van der Waals surface area contributed by atoms with Gasteiger partial charge in [-0.05, 0) is 30.9 Å². The van der Waals surface area contributed by atoms with E-state index in [9.17, 15) is 20.0 Å². The molecule has 0 amide bonds. The second-order valence-electron chi connectivity index (χ2n) is 5.99. The van der Waals surface area contributed by atoms with E-state index in [2.05, 4.69) is 4.90 Å². The summed E-state index contributed by atoms with van der Waals surface area (Å²) in [5, 5.41) is 20.5. The summed E-state index contributed by atoms with van der Waals surface area (Å²) in [4.78, 5) is 24.4. The molecule has 21 heavy (non-hydrogen) atoms. The molecule has 6 nitrogen and oxygen atoms in total. The average Bonchev–Trinajstić information content (AvgIpc) is 3.01. The van der Waals surface area contributed by atoms with E-state index >= 15 is 0 Å². The Hall–Kier alpha value is -1.79. The monoisotopic (exact) mass is 290 g/mol. The van der Waals surface area contributed by atoms with Crippen molar-refractivity contribution in [3.05, 3.63) is 39.9 Å². The lowest BCUT2D eigenvalue weighted by molar-refractivity contribution is -0.384. The van der Waals surface area contributed by atoms with Crippen LogP contribution in [-0.4, -0.2) is 46.5 Å². The maximum Gasteiger partial charge on any atom is 0.269 e. The lowest BCUT2D eigenvalue weighted by Crippen LogP contribution is -2.30. The predicted octanol–water partition coefficient (Wildman–Crippen LogP) is 1.48. The highest BCUT2D eigenvalue weighted by molar-refractivity contribution is 5.97. The largest absolute Gasteiger partial charge is 0.393 e. The molecule has 1 aliphatic carbocycles. The summed E-state index contributed by atoms with van der Waals surface area (Å²) in [7, 11) is 0. The number of ketones is 1. The molecule has 1 aliphatic heterocycles. The Labute approximate surface area is 122 Å². The topological polar surface area (TPSA) is 83.7 Å². The number of likely N-dealkylation sites (tertiary alicyclic amines) is 1. The van der Waals surface area contributed by atoms with Crippen molar-refractivity contribution >= 4 is 11.5 Å². The number of hydrogen-bond donors (Lipinski definition) is 1. The van der Waals surface area contributed by atoms with Gasteiger partial charge in [-0.25, -0.2) is 0 Å². The van der Waals surface area contributed by atoms with Gasteiger partial charge in [0.15, 0.2) is 5.78 Å². The number of nitro benzene ring substituents is 1. The Morgan fingerprint density at radius 1 is 1.29 bits per heavy atom. The highest BCUT2D eigenvalue weighted by atomic mass is 16.6. The minimum Gasteiger partial charge on any atom is -0.393 e. The van der Waals surface area contributed by atoms with Gasteiger partial charge in [0.25, 0.3) is 5.69 Å². The van der Waals surface area contributed by atoms with Crippen LogP contribution in [0.15, 0.2) is 24.3 Å². The summed E-state index contributed by atoms with van der Waals surface area (Å²) in [6.45, 7) is 1.95. The summed E-state index contributed by atoms with van der Waals surface area (Å²) < 4.78 is 0. The fourth-order valence-electron chi connectivity index (χ4n) is 3.52. The van der Waals surface area contributed by atoms with Crippen molar-refractivity contribution in [1.29, 1.82) is 0 Å². The zero-order chi connectivity index (χ0) is 15.0. The number of aliphatic hydroxyl groups is 1. The van der Waals surface area contributed by atoms with Crippen LogP contribution in [0, 0.1) is 22.0 Å². The Kier molecular flexibility index (Phi) is 3.73. The average molecular weight is 290 g/mol. The third-order valence-electron chi connectivity index (χ3n) is 4.66. The van der Waals surface area contributed by atoms with E-state index < -0.39 is 4.92 Å². The Morgan fingerprint density at radius 3 is 2.62 bits per heavy atom. The number of carbonyl (C=O) groups is 1. The van der Waals surface area contributed by atoms with E-state index in [1.165, 1.54) is 24.3 Å². The maximum absolute atomic E-state index is 12.2. The molecule has 3 rings (SSSR count). The number of non-ortho nitro benzene ring substituents is 1. The van der Waals surface area contributed by atoms with Crippen molar-refractivity contribution in [1.82, 2.24) is 4.90 Å². The Morgan fingerprint density at radius 2 is 2.00 bits per heavy atom. The van der Waals surface area contributed by atoms with Gasteiger partial charge in [-0.3, -0.25) is 19.8 Å². The number of aliphatic hydroxyl groups excluding tert-OH is 1. The van der Waals surface area contributed by atoms with Crippen molar-refractivity contribution in [2.75, 3.05) is 19.6 Å². The minimum absolute atomic E-state index is 0.00891. The van der Waals surface area contributed by atoms with E-state index in [0.29, 0.717) is 23.9 Å². The quantitative estimate of drug-likeness (QED) is 0.516. The molecule has 0 radical (unpaired) electrons. The number of nitrogens with zero attached hydrogens (tertiary/aromatic N) is 2. The van der Waals surface area contributed by atoms with Gasteiger partial charge >= 0.3 is 0 Å². The first-order chi connectivity index (χ1) is 10.0. The lowest BCUT2D eigenvalue weighted by atomic mass is 10.00. The molecule has 3 atom stereocenters. The third kappa shape index (κ3) is 2.82. The Balaban J connectivity index is 1.61. The van der Waals surface area contributed by atoms with Gasteiger partial charge in [0.05, 0.1) is 17.6 Å². The first kappa shape index (κ1) is 14.2. The molecule has 1 aromatic rings. The minimum atomic E-state index is -0.475. The van der Waals surface area contributed by atoms with Crippen molar-refractivity contribution in [2.45, 2.75) is 18.9 Å². The molecule has 1 heterocycles. The summed E-state index contributed by atoms with van der Waals surface area (Å²) in [5.74, 6) is 0.777. The zero-order valence-corrected chi connectivity index (χ0v) is 11.6. The van der Waals surface area contributed by atoms with Crippen LogP contribution >= 0.6 is 0 Å². The van der Waals surface area contributed by atoms with Crippen molar-refractivity contribution < 1.29 is 14.8 Å². The van der Waals surface area contributed by atoms with Crippen LogP contribution in [0.25, 0.3) is 0 Å². The molecule has 6 heteroatoms. The van der Waals surface area contributed by atoms with Crippen molar-refractivity contribution in [3.63, 3.8) is 0 Å². The van der Waals surface area contributed by atoms with Gasteiger partial charge in [0.2, 0.25) is 0 Å².